The standard InChI is InChI=1S/C9H12N3O7P.Na/c10-5-1-2-12(9(14)11-5)8-6(13)7-4(18-8)3-17-20(15,16)19-7;/h1-2,4,6-8,13H,3H2,(H,15,16)(H2,10,11,14);/q;+1/p-1/t4-,6-,7-,8-;/m1./s1. The summed E-state index contributed by atoms with van der Waals surface area (Å²) in [6.07, 6.45) is -3.09. The van der Waals surface area contributed by atoms with Crippen LogP contribution in [0.2, 0.25) is 0 Å². The zero-order valence-electron chi connectivity index (χ0n) is 11.0. The zero-order valence-corrected chi connectivity index (χ0v) is 13.9. The number of phosphoric ester groups is 1. The van der Waals surface area contributed by atoms with Gasteiger partial charge in [-0.2, -0.15) is 4.98 Å². The van der Waals surface area contributed by atoms with Crippen LogP contribution >= 0.6 is 7.82 Å². The van der Waals surface area contributed by atoms with Crippen LogP contribution in [0.5, 0.6) is 0 Å². The second-order valence-electron chi connectivity index (χ2n) is 4.41. The molecule has 0 aliphatic carbocycles. The van der Waals surface area contributed by atoms with Gasteiger partial charge in [0.1, 0.15) is 24.1 Å². The molecule has 1 unspecified atom stereocenters. The Kier molecular flexibility index (Phi) is 4.94. The third kappa shape index (κ3) is 3.24. The van der Waals surface area contributed by atoms with Gasteiger partial charge in [-0.3, -0.25) is 9.13 Å². The molecule has 3 heterocycles. The Morgan fingerprint density at radius 3 is 2.95 bits per heavy atom. The van der Waals surface area contributed by atoms with E-state index in [1.54, 1.807) is 0 Å². The summed E-state index contributed by atoms with van der Waals surface area (Å²) in [5.41, 5.74) is 4.64. The van der Waals surface area contributed by atoms with E-state index in [4.69, 9.17) is 10.5 Å². The first-order chi connectivity index (χ1) is 9.37. The van der Waals surface area contributed by atoms with Gasteiger partial charge in [-0.15, -0.1) is 0 Å². The summed E-state index contributed by atoms with van der Waals surface area (Å²) in [5.74, 6) is 0.0276. The van der Waals surface area contributed by atoms with Crippen molar-refractivity contribution in [1.82, 2.24) is 9.55 Å². The van der Waals surface area contributed by atoms with E-state index in [9.17, 15) is 19.4 Å². The van der Waals surface area contributed by atoms with E-state index in [-0.39, 0.29) is 42.0 Å². The first-order valence-electron chi connectivity index (χ1n) is 5.69. The summed E-state index contributed by atoms with van der Waals surface area (Å²) >= 11 is 0. The molecular formula is C9H11N3NaO7P. The molecule has 3 rings (SSSR count). The Balaban J connectivity index is 0.00000161. The van der Waals surface area contributed by atoms with Crippen molar-refractivity contribution < 1.29 is 57.9 Å². The number of nitrogens with two attached hydrogens (primary N) is 1. The van der Waals surface area contributed by atoms with Crippen LogP contribution in [0.25, 0.3) is 0 Å². The first-order valence-corrected chi connectivity index (χ1v) is 7.16. The van der Waals surface area contributed by atoms with Crippen LogP contribution in [-0.4, -0.2) is 39.6 Å². The molecule has 0 spiro atoms. The smallest absolute Gasteiger partial charge is 0.756 e. The van der Waals surface area contributed by atoms with Crippen molar-refractivity contribution in [3.05, 3.63) is 22.7 Å². The maximum Gasteiger partial charge on any atom is 1.00 e. The summed E-state index contributed by atoms with van der Waals surface area (Å²) in [6.45, 7) is -0.282. The van der Waals surface area contributed by atoms with Crippen molar-refractivity contribution in [2.45, 2.75) is 24.5 Å². The average Bonchev–Trinajstić information content (AvgIpc) is 2.66. The van der Waals surface area contributed by atoms with Gasteiger partial charge >= 0.3 is 35.2 Å². The van der Waals surface area contributed by atoms with E-state index < -0.39 is 38.1 Å². The number of rotatable bonds is 1. The summed E-state index contributed by atoms with van der Waals surface area (Å²) in [5, 5.41) is 10.1. The molecule has 2 saturated heterocycles. The molecule has 10 nitrogen and oxygen atoms in total. The number of aliphatic hydroxyl groups is 1. The third-order valence-corrected chi connectivity index (χ3v) is 4.05. The quantitative estimate of drug-likeness (QED) is 0.382. The molecule has 0 bridgehead atoms. The summed E-state index contributed by atoms with van der Waals surface area (Å²) in [7, 11) is -4.44. The van der Waals surface area contributed by atoms with Gasteiger partial charge in [0.15, 0.2) is 6.23 Å². The van der Waals surface area contributed by atoms with Crippen molar-refractivity contribution in [2.24, 2.45) is 0 Å². The minimum Gasteiger partial charge on any atom is -0.756 e. The van der Waals surface area contributed by atoms with Gasteiger partial charge in [-0.25, -0.2) is 4.79 Å². The second kappa shape index (κ2) is 6.07. The molecule has 110 valence electrons. The Morgan fingerprint density at radius 1 is 1.57 bits per heavy atom. The molecule has 1 aromatic rings. The van der Waals surface area contributed by atoms with E-state index in [1.807, 2.05) is 0 Å². The van der Waals surface area contributed by atoms with Crippen LogP contribution in [0.15, 0.2) is 17.1 Å². The number of anilines is 1. The number of nitrogens with zero attached hydrogens (tertiary/aromatic N) is 2. The molecule has 2 aliphatic rings. The van der Waals surface area contributed by atoms with Crippen LogP contribution in [0, 0.1) is 0 Å². The number of ether oxygens (including phenoxy) is 1. The Hall–Kier alpha value is -0.290. The van der Waals surface area contributed by atoms with E-state index in [0.29, 0.717) is 0 Å². The summed E-state index contributed by atoms with van der Waals surface area (Å²) < 4.78 is 26.8. The molecular weight excluding hydrogens is 316 g/mol. The maximum atomic E-state index is 11.7. The van der Waals surface area contributed by atoms with Crippen LogP contribution in [0.4, 0.5) is 5.82 Å². The van der Waals surface area contributed by atoms with Crippen LogP contribution in [-0.2, 0) is 18.3 Å². The number of aliphatic hydroxyl groups excluding tert-OH is 1. The monoisotopic (exact) mass is 327 g/mol. The summed E-state index contributed by atoms with van der Waals surface area (Å²) in [6, 6.07) is 1.36. The predicted molar refractivity (Wildman–Crippen MR) is 61.3 cm³/mol. The van der Waals surface area contributed by atoms with Crippen LogP contribution in [0.3, 0.4) is 0 Å². The molecule has 2 fully saturated rings. The largest absolute Gasteiger partial charge is 1.00 e. The predicted octanol–water partition coefficient (Wildman–Crippen LogP) is -5.03. The first kappa shape index (κ1) is 17.1. The third-order valence-electron chi connectivity index (χ3n) is 3.08. The van der Waals surface area contributed by atoms with Gasteiger partial charge < -0.3 is 29.5 Å². The van der Waals surface area contributed by atoms with Crippen molar-refractivity contribution in [3.63, 3.8) is 0 Å². The molecule has 2 aliphatic heterocycles. The topological polar surface area (TPSA) is 149 Å². The van der Waals surface area contributed by atoms with Gasteiger partial charge in [0.2, 0.25) is 0 Å². The van der Waals surface area contributed by atoms with Gasteiger partial charge in [-0.05, 0) is 6.07 Å². The van der Waals surface area contributed by atoms with E-state index in [0.717, 1.165) is 4.57 Å². The molecule has 5 atom stereocenters. The van der Waals surface area contributed by atoms with Crippen molar-refractivity contribution in [2.75, 3.05) is 12.3 Å². The van der Waals surface area contributed by atoms with Crippen molar-refractivity contribution >= 4 is 13.6 Å². The Bertz CT molecular complexity index is 640. The minimum atomic E-state index is -4.44. The van der Waals surface area contributed by atoms with E-state index in [2.05, 4.69) is 14.0 Å². The molecule has 0 radical (unpaired) electrons. The molecule has 1 aromatic heterocycles. The van der Waals surface area contributed by atoms with Gasteiger partial charge in [0.25, 0.3) is 7.82 Å². The molecule has 0 saturated carbocycles. The second-order valence-corrected chi connectivity index (χ2v) is 5.77. The summed E-state index contributed by atoms with van der Waals surface area (Å²) in [4.78, 5) is 26.4. The average molecular weight is 327 g/mol. The normalized spacial score (nSPS) is 38.6. The number of fused-ring (bicyclic) bond motifs is 1. The van der Waals surface area contributed by atoms with Gasteiger partial charge in [0, 0.05) is 6.20 Å². The fourth-order valence-corrected chi connectivity index (χ4v) is 3.13. The molecule has 3 N–H and O–H groups in total. The van der Waals surface area contributed by atoms with E-state index >= 15 is 0 Å². The van der Waals surface area contributed by atoms with Gasteiger partial charge in [0.05, 0.1) is 6.61 Å². The fraction of sp³-hybridized carbons (Fsp3) is 0.556. The number of hydrogen-bond acceptors (Lipinski definition) is 9. The van der Waals surface area contributed by atoms with Crippen LogP contribution in [0.1, 0.15) is 6.23 Å². The number of phosphoric acid groups is 1. The minimum absolute atomic E-state index is 0. The Labute approximate surface area is 140 Å². The molecule has 12 heteroatoms. The van der Waals surface area contributed by atoms with Gasteiger partial charge in [-0.1, -0.05) is 0 Å². The Morgan fingerprint density at radius 2 is 2.29 bits per heavy atom. The molecule has 0 aromatic carbocycles. The number of nitrogen functional groups attached to an aromatic ring is 1. The number of aromatic nitrogens is 2. The number of hydrogen-bond donors (Lipinski definition) is 2. The molecule has 0 amide bonds. The fourth-order valence-electron chi connectivity index (χ4n) is 2.18. The zero-order chi connectivity index (χ0) is 14.5. The molecule has 21 heavy (non-hydrogen) atoms. The van der Waals surface area contributed by atoms with Crippen molar-refractivity contribution in [3.8, 4) is 0 Å². The SMILES string of the molecule is Nc1ccn([C@@H]2O[C@@H]3COP(=O)([O-])O[C@H]3[C@H]2O)c(=O)n1.[Na+]. The van der Waals surface area contributed by atoms with Crippen LogP contribution < -0.4 is 45.9 Å². The maximum absolute atomic E-state index is 11.7. The van der Waals surface area contributed by atoms with E-state index in [1.165, 1.54) is 12.3 Å². The van der Waals surface area contributed by atoms with Crippen molar-refractivity contribution in [1.29, 1.82) is 0 Å².